The molecule has 0 saturated heterocycles. The maximum Gasteiger partial charge on any atom is 0.159 e. The van der Waals surface area contributed by atoms with Crippen molar-refractivity contribution in [1.29, 1.82) is 0 Å². The van der Waals surface area contributed by atoms with Crippen molar-refractivity contribution in [2.24, 2.45) is 0 Å². The topological polar surface area (TPSA) is 72.3 Å². The lowest BCUT2D eigenvalue weighted by atomic mass is 10.1. The second-order valence-corrected chi connectivity index (χ2v) is 6.21. The van der Waals surface area contributed by atoms with Crippen molar-refractivity contribution in [3.63, 3.8) is 0 Å². The van der Waals surface area contributed by atoms with Crippen LogP contribution in [0, 0.1) is 6.92 Å². The molecule has 0 amide bonds. The van der Waals surface area contributed by atoms with Crippen LogP contribution in [0.1, 0.15) is 49.9 Å². The maximum atomic E-state index is 4.65. The zero-order chi connectivity index (χ0) is 16.4. The molecular formula is C17H22N6. The summed E-state index contributed by atoms with van der Waals surface area (Å²) in [4.78, 5) is 13.5. The number of aromatic amines is 1. The number of aryl methyl sites for hydroxylation is 1. The van der Waals surface area contributed by atoms with Crippen LogP contribution in [0.2, 0.25) is 0 Å². The smallest absolute Gasteiger partial charge is 0.159 e. The van der Waals surface area contributed by atoms with Gasteiger partial charge in [-0.1, -0.05) is 13.8 Å². The van der Waals surface area contributed by atoms with E-state index in [1.165, 1.54) is 0 Å². The Hall–Kier alpha value is -2.50. The molecule has 3 aromatic rings. The fraction of sp³-hybridized carbons (Fsp3) is 0.412. The molecule has 1 atom stereocenters. The molecule has 3 aromatic heterocycles. The molecule has 6 heteroatoms. The van der Waals surface area contributed by atoms with Crippen LogP contribution in [0.4, 0.5) is 0 Å². The van der Waals surface area contributed by atoms with Crippen molar-refractivity contribution >= 4 is 0 Å². The molecule has 6 nitrogen and oxygen atoms in total. The zero-order valence-corrected chi connectivity index (χ0v) is 14.0. The summed E-state index contributed by atoms with van der Waals surface area (Å²) in [7, 11) is 0. The fourth-order valence-corrected chi connectivity index (χ4v) is 2.62. The van der Waals surface area contributed by atoms with Gasteiger partial charge in [0.2, 0.25) is 0 Å². The molecule has 3 heterocycles. The van der Waals surface area contributed by atoms with Gasteiger partial charge in [-0.05, 0) is 26.0 Å². The van der Waals surface area contributed by atoms with E-state index in [0.29, 0.717) is 5.92 Å². The molecule has 3 rings (SSSR count). The van der Waals surface area contributed by atoms with Crippen molar-refractivity contribution in [1.82, 2.24) is 29.7 Å². The Bertz CT molecular complexity index is 786. The minimum Gasteiger partial charge on any atom is -0.327 e. The Morgan fingerprint density at radius 1 is 1.17 bits per heavy atom. The molecule has 0 aliphatic rings. The van der Waals surface area contributed by atoms with Crippen LogP contribution in [0.3, 0.4) is 0 Å². The molecule has 23 heavy (non-hydrogen) atoms. The minimum absolute atomic E-state index is 0.243. The predicted molar refractivity (Wildman–Crippen MR) is 89.1 cm³/mol. The van der Waals surface area contributed by atoms with Crippen LogP contribution >= 0.6 is 0 Å². The molecule has 1 N–H and O–H groups in total. The molecule has 0 radical (unpaired) electrons. The largest absolute Gasteiger partial charge is 0.327 e. The van der Waals surface area contributed by atoms with Crippen LogP contribution in [-0.2, 0) is 6.42 Å². The van der Waals surface area contributed by atoms with Gasteiger partial charge in [-0.15, -0.1) is 0 Å². The number of nitrogens with zero attached hydrogens (tertiary/aromatic N) is 5. The first-order valence-corrected chi connectivity index (χ1v) is 7.91. The molecule has 0 saturated carbocycles. The Balaban J connectivity index is 1.88. The van der Waals surface area contributed by atoms with Crippen molar-refractivity contribution in [2.45, 2.75) is 46.1 Å². The molecule has 0 aliphatic carbocycles. The Labute approximate surface area is 136 Å². The van der Waals surface area contributed by atoms with Gasteiger partial charge in [-0.25, -0.2) is 15.0 Å². The SMILES string of the molecule is Cc1cc(C[C@H](C)n2ccnc2-c2ccnc(C(C)C)n2)n[nH]1. The van der Waals surface area contributed by atoms with E-state index in [2.05, 4.69) is 56.6 Å². The quantitative estimate of drug-likeness (QED) is 0.785. The molecule has 0 spiro atoms. The Morgan fingerprint density at radius 2 is 2.00 bits per heavy atom. The summed E-state index contributed by atoms with van der Waals surface area (Å²) < 4.78 is 2.15. The average Bonchev–Trinajstić information content (AvgIpc) is 3.16. The van der Waals surface area contributed by atoms with Crippen LogP contribution in [0.25, 0.3) is 11.5 Å². The zero-order valence-electron chi connectivity index (χ0n) is 14.0. The van der Waals surface area contributed by atoms with E-state index in [4.69, 9.17) is 0 Å². The van der Waals surface area contributed by atoms with E-state index in [1.807, 2.05) is 25.4 Å². The summed E-state index contributed by atoms with van der Waals surface area (Å²) in [5.74, 6) is 2.00. The van der Waals surface area contributed by atoms with Crippen molar-refractivity contribution < 1.29 is 0 Å². The van der Waals surface area contributed by atoms with E-state index in [-0.39, 0.29) is 6.04 Å². The Kier molecular flexibility index (Phi) is 4.23. The van der Waals surface area contributed by atoms with E-state index in [0.717, 1.165) is 35.2 Å². The molecule has 0 fully saturated rings. The van der Waals surface area contributed by atoms with E-state index in [9.17, 15) is 0 Å². The number of nitrogens with one attached hydrogen (secondary N) is 1. The Morgan fingerprint density at radius 3 is 2.70 bits per heavy atom. The molecule has 0 unspecified atom stereocenters. The van der Waals surface area contributed by atoms with Gasteiger partial charge in [0.1, 0.15) is 11.5 Å². The van der Waals surface area contributed by atoms with Gasteiger partial charge in [0, 0.05) is 42.7 Å². The third kappa shape index (κ3) is 3.31. The van der Waals surface area contributed by atoms with Gasteiger partial charge < -0.3 is 4.57 Å². The maximum absolute atomic E-state index is 4.65. The second kappa shape index (κ2) is 6.32. The van der Waals surface area contributed by atoms with Gasteiger partial charge in [-0.2, -0.15) is 5.10 Å². The first kappa shape index (κ1) is 15.4. The summed E-state index contributed by atoms with van der Waals surface area (Å²) in [5.41, 5.74) is 2.99. The monoisotopic (exact) mass is 310 g/mol. The van der Waals surface area contributed by atoms with Gasteiger partial charge in [0.15, 0.2) is 5.82 Å². The van der Waals surface area contributed by atoms with Crippen LogP contribution in [0.5, 0.6) is 0 Å². The summed E-state index contributed by atoms with van der Waals surface area (Å²) in [6, 6.07) is 4.23. The lowest BCUT2D eigenvalue weighted by Crippen LogP contribution is -2.10. The average molecular weight is 310 g/mol. The lowest BCUT2D eigenvalue weighted by Gasteiger charge is -2.15. The van der Waals surface area contributed by atoms with Gasteiger partial charge >= 0.3 is 0 Å². The summed E-state index contributed by atoms with van der Waals surface area (Å²) >= 11 is 0. The second-order valence-electron chi connectivity index (χ2n) is 6.21. The van der Waals surface area contributed by atoms with Crippen LogP contribution in [0.15, 0.2) is 30.7 Å². The number of imidazole rings is 1. The highest BCUT2D eigenvalue weighted by molar-refractivity contribution is 5.49. The fourth-order valence-electron chi connectivity index (χ4n) is 2.62. The number of hydrogen-bond donors (Lipinski definition) is 1. The number of aromatic nitrogens is 6. The molecule has 0 aliphatic heterocycles. The lowest BCUT2D eigenvalue weighted by molar-refractivity contribution is 0.541. The van der Waals surface area contributed by atoms with Gasteiger partial charge in [-0.3, -0.25) is 5.10 Å². The van der Waals surface area contributed by atoms with E-state index >= 15 is 0 Å². The van der Waals surface area contributed by atoms with Crippen molar-refractivity contribution in [3.8, 4) is 11.5 Å². The summed E-state index contributed by atoms with van der Waals surface area (Å²) in [5, 5.41) is 7.31. The molecule has 0 bridgehead atoms. The number of H-pyrrole nitrogens is 1. The van der Waals surface area contributed by atoms with E-state index < -0.39 is 0 Å². The van der Waals surface area contributed by atoms with Crippen LogP contribution < -0.4 is 0 Å². The van der Waals surface area contributed by atoms with Crippen molar-refractivity contribution in [2.75, 3.05) is 0 Å². The third-order valence-corrected chi connectivity index (χ3v) is 3.83. The molecule has 0 aromatic carbocycles. The normalized spacial score (nSPS) is 12.7. The van der Waals surface area contributed by atoms with E-state index in [1.54, 1.807) is 6.20 Å². The highest BCUT2D eigenvalue weighted by Gasteiger charge is 2.15. The first-order chi connectivity index (χ1) is 11.0. The highest BCUT2D eigenvalue weighted by Crippen LogP contribution is 2.22. The number of rotatable bonds is 5. The first-order valence-electron chi connectivity index (χ1n) is 7.91. The van der Waals surface area contributed by atoms with Gasteiger partial charge in [0.05, 0.1) is 5.69 Å². The highest BCUT2D eigenvalue weighted by atomic mass is 15.1. The predicted octanol–water partition coefficient (Wildman–Crippen LogP) is 3.30. The molecular weight excluding hydrogens is 288 g/mol. The third-order valence-electron chi connectivity index (χ3n) is 3.83. The van der Waals surface area contributed by atoms with Crippen molar-refractivity contribution in [3.05, 3.63) is 47.9 Å². The molecule has 120 valence electrons. The minimum atomic E-state index is 0.243. The van der Waals surface area contributed by atoms with Gasteiger partial charge in [0.25, 0.3) is 0 Å². The summed E-state index contributed by atoms with van der Waals surface area (Å²) in [6.07, 6.45) is 6.46. The summed E-state index contributed by atoms with van der Waals surface area (Å²) in [6.45, 7) is 8.36. The number of hydrogen-bond acceptors (Lipinski definition) is 4. The standard InChI is InChI=1S/C17H22N6/c1-11(2)16-18-6-5-15(20-16)17-19-7-8-23(17)13(4)10-14-9-12(3)21-22-14/h5-9,11,13H,10H2,1-4H3,(H,21,22)/t13-/m0/s1. The van der Waals surface area contributed by atoms with Crippen LogP contribution in [-0.4, -0.2) is 29.7 Å².